The third-order valence-electron chi connectivity index (χ3n) is 4.47. The maximum absolute atomic E-state index is 12.9. The second-order valence-electron chi connectivity index (χ2n) is 6.57. The molecule has 0 atom stereocenters. The lowest BCUT2D eigenvalue weighted by atomic mass is 10.1. The van der Waals surface area contributed by atoms with Crippen molar-refractivity contribution in [2.24, 2.45) is 0 Å². The highest BCUT2D eigenvalue weighted by Gasteiger charge is 2.18. The number of rotatable bonds is 4. The zero-order valence-corrected chi connectivity index (χ0v) is 15.7. The van der Waals surface area contributed by atoms with Crippen molar-refractivity contribution in [1.82, 2.24) is 19.3 Å². The van der Waals surface area contributed by atoms with Gasteiger partial charge in [0.05, 0.1) is 31.8 Å². The second kappa shape index (κ2) is 6.80. The Morgan fingerprint density at radius 2 is 1.96 bits per heavy atom. The van der Waals surface area contributed by atoms with Crippen LogP contribution in [-0.4, -0.2) is 32.4 Å². The predicted octanol–water partition coefficient (Wildman–Crippen LogP) is 2.63. The Morgan fingerprint density at radius 3 is 2.68 bits per heavy atom. The van der Waals surface area contributed by atoms with Crippen LogP contribution >= 0.6 is 0 Å². The van der Waals surface area contributed by atoms with Crippen molar-refractivity contribution in [2.45, 2.75) is 20.4 Å². The first-order chi connectivity index (χ1) is 13.5. The summed E-state index contributed by atoms with van der Waals surface area (Å²) in [5.74, 6) is -0.190. The Balaban J connectivity index is 1.76. The lowest BCUT2D eigenvalue weighted by Gasteiger charge is -2.07. The Bertz CT molecular complexity index is 1230. The highest BCUT2D eigenvalue weighted by atomic mass is 16.5. The lowest BCUT2D eigenvalue weighted by Crippen LogP contribution is -2.21. The maximum atomic E-state index is 12.9. The van der Waals surface area contributed by atoms with E-state index in [9.17, 15) is 9.59 Å². The number of nitrogens with zero attached hydrogens (tertiary/aromatic N) is 4. The summed E-state index contributed by atoms with van der Waals surface area (Å²) in [6, 6.07) is 7.55. The van der Waals surface area contributed by atoms with E-state index in [0.29, 0.717) is 16.8 Å². The van der Waals surface area contributed by atoms with Gasteiger partial charge in [-0.25, -0.2) is 14.5 Å². The number of hydrogen-bond acceptors (Lipinski definition) is 6. The van der Waals surface area contributed by atoms with E-state index in [0.717, 1.165) is 16.8 Å². The highest BCUT2D eigenvalue weighted by molar-refractivity contribution is 5.90. The van der Waals surface area contributed by atoms with Crippen LogP contribution in [0.25, 0.3) is 16.7 Å². The highest BCUT2D eigenvalue weighted by Crippen LogP contribution is 2.18. The van der Waals surface area contributed by atoms with Gasteiger partial charge in [-0.2, -0.15) is 5.10 Å². The Kier molecular flexibility index (Phi) is 4.31. The molecule has 3 heterocycles. The number of fused-ring (bicyclic) bond motifs is 1. The van der Waals surface area contributed by atoms with Crippen LogP contribution in [0.1, 0.15) is 27.2 Å². The van der Waals surface area contributed by atoms with E-state index in [4.69, 9.17) is 9.15 Å². The molecule has 142 valence electrons. The number of aryl methyl sites for hydroxylation is 2. The molecule has 0 aliphatic carbocycles. The fourth-order valence-electron chi connectivity index (χ4n) is 3.23. The van der Waals surface area contributed by atoms with Crippen LogP contribution < -0.4 is 5.56 Å². The van der Waals surface area contributed by atoms with Gasteiger partial charge in [-0.1, -0.05) is 6.07 Å². The van der Waals surface area contributed by atoms with Crippen LogP contribution in [0.4, 0.5) is 0 Å². The normalized spacial score (nSPS) is 11.1. The number of esters is 1. The molecule has 8 nitrogen and oxygen atoms in total. The summed E-state index contributed by atoms with van der Waals surface area (Å²) < 4.78 is 13.1. The molecule has 0 bridgehead atoms. The third-order valence-corrected chi connectivity index (χ3v) is 4.47. The lowest BCUT2D eigenvalue weighted by molar-refractivity contribution is 0.0598. The van der Waals surface area contributed by atoms with Crippen LogP contribution in [0.3, 0.4) is 0 Å². The van der Waals surface area contributed by atoms with Crippen molar-refractivity contribution < 1.29 is 13.9 Å². The van der Waals surface area contributed by atoms with E-state index >= 15 is 0 Å². The molecule has 0 radical (unpaired) electrons. The number of hydrogen-bond donors (Lipinski definition) is 0. The zero-order chi connectivity index (χ0) is 19.8. The van der Waals surface area contributed by atoms with Crippen molar-refractivity contribution in [3.05, 3.63) is 75.9 Å². The van der Waals surface area contributed by atoms with E-state index in [1.807, 2.05) is 26.0 Å². The molecule has 0 unspecified atom stereocenters. The van der Waals surface area contributed by atoms with Gasteiger partial charge >= 0.3 is 5.97 Å². The first kappa shape index (κ1) is 17.7. The first-order valence-electron chi connectivity index (χ1n) is 8.64. The smallest absolute Gasteiger partial charge is 0.341 e. The molecule has 0 aliphatic heterocycles. The second-order valence-corrected chi connectivity index (χ2v) is 6.57. The third kappa shape index (κ3) is 2.98. The summed E-state index contributed by atoms with van der Waals surface area (Å²) in [5.41, 5.74) is 3.52. The summed E-state index contributed by atoms with van der Waals surface area (Å²) in [4.78, 5) is 29.1. The fraction of sp³-hybridized carbons (Fsp3) is 0.200. The SMILES string of the molecule is COC(=O)c1ccoc1Cn1cnc2c(cnn2-c2cc(C)cc(C)c2)c1=O. The van der Waals surface area contributed by atoms with Crippen LogP contribution in [0, 0.1) is 13.8 Å². The van der Waals surface area contributed by atoms with Gasteiger partial charge in [-0.15, -0.1) is 0 Å². The Morgan fingerprint density at radius 1 is 1.21 bits per heavy atom. The minimum atomic E-state index is -0.520. The van der Waals surface area contributed by atoms with Crippen LogP contribution in [0.2, 0.25) is 0 Å². The maximum Gasteiger partial charge on any atom is 0.341 e. The number of benzene rings is 1. The van der Waals surface area contributed by atoms with Crippen LogP contribution in [0.5, 0.6) is 0 Å². The van der Waals surface area contributed by atoms with Gasteiger partial charge in [0.25, 0.3) is 5.56 Å². The molecular formula is C20H18N4O4. The topological polar surface area (TPSA) is 92.2 Å². The first-order valence-corrected chi connectivity index (χ1v) is 8.64. The molecule has 4 aromatic rings. The quantitative estimate of drug-likeness (QED) is 0.507. The van der Waals surface area contributed by atoms with Crippen molar-refractivity contribution in [2.75, 3.05) is 7.11 Å². The van der Waals surface area contributed by atoms with Gasteiger partial charge in [0.15, 0.2) is 5.65 Å². The number of ether oxygens (including phenoxy) is 1. The van der Waals surface area contributed by atoms with E-state index in [1.165, 1.54) is 36.5 Å². The van der Waals surface area contributed by atoms with Crippen LogP contribution in [0.15, 0.2) is 52.3 Å². The summed E-state index contributed by atoms with van der Waals surface area (Å²) >= 11 is 0. The molecular weight excluding hydrogens is 360 g/mol. The zero-order valence-electron chi connectivity index (χ0n) is 15.7. The van der Waals surface area contributed by atoms with Gasteiger partial charge in [-0.3, -0.25) is 9.36 Å². The van der Waals surface area contributed by atoms with E-state index in [1.54, 1.807) is 4.68 Å². The Labute approximate surface area is 160 Å². The van der Waals surface area contributed by atoms with Gasteiger partial charge in [0.2, 0.25) is 0 Å². The standard InChI is InChI=1S/C20H18N4O4/c1-12-6-13(2)8-14(7-12)24-18-16(9-22-24)19(25)23(11-21-18)10-17-15(4-5-28-17)20(26)27-3/h4-9,11H,10H2,1-3H3. The molecule has 28 heavy (non-hydrogen) atoms. The minimum absolute atomic E-state index is 0.0634. The number of methoxy groups -OCH3 is 1. The molecule has 0 spiro atoms. The average molecular weight is 378 g/mol. The molecule has 3 aromatic heterocycles. The number of carbonyl (C=O) groups is 1. The molecule has 0 saturated carbocycles. The molecule has 4 rings (SSSR count). The number of furan rings is 1. The van der Waals surface area contributed by atoms with Gasteiger partial charge in [0, 0.05) is 0 Å². The summed E-state index contributed by atoms with van der Waals surface area (Å²) in [7, 11) is 1.29. The number of carbonyl (C=O) groups excluding carboxylic acids is 1. The Hall–Kier alpha value is -3.68. The predicted molar refractivity (Wildman–Crippen MR) is 102 cm³/mol. The molecule has 1 aromatic carbocycles. The van der Waals surface area contributed by atoms with Gasteiger partial charge < -0.3 is 9.15 Å². The van der Waals surface area contributed by atoms with Gasteiger partial charge in [-0.05, 0) is 43.2 Å². The van der Waals surface area contributed by atoms with Gasteiger partial charge in [0.1, 0.15) is 23.0 Å². The van der Waals surface area contributed by atoms with Crippen molar-refractivity contribution >= 4 is 17.0 Å². The summed E-state index contributed by atoms with van der Waals surface area (Å²) in [6.07, 6.45) is 4.31. The van der Waals surface area contributed by atoms with Crippen molar-refractivity contribution in [3.63, 3.8) is 0 Å². The molecule has 0 N–H and O–H groups in total. The largest absolute Gasteiger partial charge is 0.467 e. The van der Waals surface area contributed by atoms with E-state index < -0.39 is 5.97 Å². The molecule has 8 heteroatoms. The molecule has 0 aliphatic rings. The van der Waals surface area contributed by atoms with Crippen molar-refractivity contribution in [3.8, 4) is 5.69 Å². The molecule has 0 fully saturated rings. The van der Waals surface area contributed by atoms with Crippen molar-refractivity contribution in [1.29, 1.82) is 0 Å². The van der Waals surface area contributed by atoms with E-state index in [-0.39, 0.29) is 17.7 Å². The molecule has 0 saturated heterocycles. The fourth-order valence-corrected chi connectivity index (χ4v) is 3.23. The average Bonchev–Trinajstić information content (AvgIpc) is 3.30. The molecule has 0 amide bonds. The summed E-state index contributed by atoms with van der Waals surface area (Å²) in [5, 5.41) is 4.73. The minimum Gasteiger partial charge on any atom is -0.467 e. The number of aromatic nitrogens is 4. The monoisotopic (exact) mass is 378 g/mol. The van der Waals surface area contributed by atoms with Crippen LogP contribution in [-0.2, 0) is 11.3 Å². The summed E-state index contributed by atoms with van der Waals surface area (Å²) in [6.45, 7) is 4.07. The van der Waals surface area contributed by atoms with E-state index in [2.05, 4.69) is 16.1 Å².